The predicted octanol–water partition coefficient (Wildman–Crippen LogP) is 6.08. The van der Waals surface area contributed by atoms with Crippen molar-refractivity contribution in [1.82, 2.24) is 19.4 Å². The van der Waals surface area contributed by atoms with Crippen molar-refractivity contribution < 1.29 is 18.7 Å². The molecule has 8 nitrogen and oxygen atoms in total. The van der Waals surface area contributed by atoms with Gasteiger partial charge in [-0.05, 0) is 75.2 Å². The van der Waals surface area contributed by atoms with Crippen LogP contribution in [0.15, 0.2) is 54.6 Å². The highest BCUT2D eigenvalue weighted by atomic mass is 35.5. The number of nitrogens with zero attached hydrogens (tertiary/aromatic N) is 4. The van der Waals surface area contributed by atoms with Gasteiger partial charge in [0.1, 0.15) is 18.2 Å². The van der Waals surface area contributed by atoms with E-state index in [4.69, 9.17) is 31.0 Å². The molecule has 6 rings (SSSR count). The van der Waals surface area contributed by atoms with Gasteiger partial charge in [0.25, 0.3) is 0 Å². The molecule has 1 amide bonds. The lowest BCUT2D eigenvalue weighted by Gasteiger charge is -2.31. The largest absolute Gasteiger partial charge is 0.473 e. The number of likely N-dealkylation sites (tertiary alicyclic amines) is 1. The van der Waals surface area contributed by atoms with E-state index < -0.39 is 0 Å². The van der Waals surface area contributed by atoms with Crippen LogP contribution in [0.2, 0.25) is 5.02 Å². The molecular weight excluding hydrogens is 557 g/mol. The van der Waals surface area contributed by atoms with Gasteiger partial charge < -0.3 is 19.4 Å². The topological polar surface area (TPSA) is 81.5 Å². The molecule has 1 unspecified atom stereocenters. The van der Waals surface area contributed by atoms with Crippen LogP contribution in [0.25, 0.3) is 11.0 Å². The Morgan fingerprint density at radius 2 is 1.98 bits per heavy atom. The van der Waals surface area contributed by atoms with Gasteiger partial charge in [0, 0.05) is 47.6 Å². The van der Waals surface area contributed by atoms with Crippen LogP contribution in [0.4, 0.5) is 10.1 Å². The van der Waals surface area contributed by atoms with E-state index in [1.807, 2.05) is 37.4 Å². The Balaban J connectivity index is 1.04. The van der Waals surface area contributed by atoms with Gasteiger partial charge >= 0.3 is 0 Å². The molecule has 2 aromatic carbocycles. The number of ether oxygens (including phenoxy) is 2. The van der Waals surface area contributed by atoms with Crippen LogP contribution in [0.1, 0.15) is 48.7 Å². The lowest BCUT2D eigenvalue weighted by molar-refractivity contribution is -0.123. The third-order valence-corrected chi connectivity index (χ3v) is 8.51. The van der Waals surface area contributed by atoms with Crippen molar-refractivity contribution in [2.45, 2.75) is 44.8 Å². The number of pyridine rings is 1. The molecule has 0 bridgehead atoms. The molecule has 220 valence electrons. The van der Waals surface area contributed by atoms with E-state index in [-0.39, 0.29) is 24.2 Å². The zero-order chi connectivity index (χ0) is 29.1. The molecular formula is C32H35ClFN5O3. The number of hydrogen-bond acceptors (Lipinski definition) is 6. The second-order valence-electron chi connectivity index (χ2n) is 11.2. The van der Waals surface area contributed by atoms with E-state index in [9.17, 15) is 9.18 Å². The van der Waals surface area contributed by atoms with Crippen molar-refractivity contribution >= 4 is 34.2 Å². The van der Waals surface area contributed by atoms with Gasteiger partial charge in [0.2, 0.25) is 11.8 Å². The summed E-state index contributed by atoms with van der Waals surface area (Å²) in [7, 11) is 2.04. The Labute approximate surface area is 249 Å². The summed E-state index contributed by atoms with van der Waals surface area (Å²) in [6.07, 6.45) is 3.74. The molecule has 0 aliphatic carbocycles. The minimum Gasteiger partial charge on any atom is -0.473 e. The van der Waals surface area contributed by atoms with Crippen molar-refractivity contribution in [1.29, 1.82) is 0 Å². The Morgan fingerprint density at radius 1 is 1.12 bits per heavy atom. The molecule has 2 aliphatic rings. The number of aromatic nitrogens is 3. The van der Waals surface area contributed by atoms with Gasteiger partial charge in [-0.25, -0.2) is 14.4 Å². The van der Waals surface area contributed by atoms with Crippen LogP contribution in [-0.2, 0) is 29.7 Å². The number of amides is 1. The molecule has 1 atom stereocenters. The number of nitrogens with one attached hydrogen (secondary N) is 1. The fraction of sp³-hybridized carbons (Fsp3) is 0.406. The molecule has 0 spiro atoms. The number of imidazole rings is 1. The number of anilines is 1. The Kier molecular flexibility index (Phi) is 8.69. The van der Waals surface area contributed by atoms with Crippen LogP contribution >= 0.6 is 11.6 Å². The first-order valence-corrected chi connectivity index (χ1v) is 14.9. The van der Waals surface area contributed by atoms with E-state index in [2.05, 4.69) is 14.8 Å². The third kappa shape index (κ3) is 6.59. The molecule has 1 N–H and O–H groups in total. The van der Waals surface area contributed by atoms with Gasteiger partial charge in [-0.1, -0.05) is 23.7 Å². The number of benzene rings is 2. The second kappa shape index (κ2) is 12.8. The molecule has 4 aromatic rings. The molecule has 10 heteroatoms. The van der Waals surface area contributed by atoms with Gasteiger partial charge in [-0.15, -0.1) is 0 Å². The van der Waals surface area contributed by atoms with Crippen LogP contribution in [0, 0.1) is 11.7 Å². The minimum absolute atomic E-state index is 0.00937. The summed E-state index contributed by atoms with van der Waals surface area (Å²) in [5, 5.41) is 3.40. The van der Waals surface area contributed by atoms with Crippen molar-refractivity contribution in [2.75, 3.05) is 31.6 Å². The highest BCUT2D eigenvalue weighted by Gasteiger charge is 2.24. The average molecular weight is 592 g/mol. The number of aryl methyl sites for hydroxylation is 1. The molecule has 2 aliphatic heterocycles. The molecule has 4 heterocycles. The molecule has 0 saturated carbocycles. The standard InChI is InChI=1S/C32H35ClFN5O3/c1-38-29-10-9-25(35-32(40)23-4-3-15-41-19-23)17-28(29)36-30(38)18-39-13-11-21(12-14-39)27-5-2-6-31(37-27)42-20-22-7-8-24(33)16-26(22)34/h2,5-10,16-17,21,23H,3-4,11-15,18-20H2,1H3,(H,35,40). The second-order valence-corrected chi connectivity index (χ2v) is 11.6. The first-order valence-electron chi connectivity index (χ1n) is 14.5. The number of halogens is 2. The molecule has 2 fully saturated rings. The van der Waals surface area contributed by atoms with E-state index in [1.165, 1.54) is 6.07 Å². The van der Waals surface area contributed by atoms with Gasteiger partial charge in [-0.2, -0.15) is 0 Å². The van der Waals surface area contributed by atoms with Crippen molar-refractivity contribution in [3.05, 3.63) is 82.5 Å². The van der Waals surface area contributed by atoms with Crippen LogP contribution in [0.5, 0.6) is 5.88 Å². The molecule has 2 saturated heterocycles. The Morgan fingerprint density at radius 3 is 2.76 bits per heavy atom. The van der Waals surface area contributed by atoms with Gasteiger partial charge in [0.15, 0.2) is 0 Å². The van der Waals surface area contributed by atoms with Gasteiger partial charge in [0.05, 0.1) is 30.1 Å². The number of fused-ring (bicyclic) bond motifs is 1. The first-order chi connectivity index (χ1) is 20.4. The number of rotatable bonds is 8. The molecule has 2 aromatic heterocycles. The highest BCUT2D eigenvalue weighted by molar-refractivity contribution is 6.30. The van der Waals surface area contributed by atoms with Crippen LogP contribution in [0.3, 0.4) is 0 Å². The average Bonchev–Trinajstić information content (AvgIpc) is 3.31. The fourth-order valence-corrected chi connectivity index (χ4v) is 5.94. The summed E-state index contributed by atoms with van der Waals surface area (Å²) >= 11 is 5.85. The normalized spacial score (nSPS) is 18.3. The minimum atomic E-state index is -0.385. The maximum Gasteiger partial charge on any atom is 0.229 e. The Bertz CT molecular complexity index is 1560. The highest BCUT2D eigenvalue weighted by Crippen LogP contribution is 2.29. The van der Waals surface area contributed by atoms with Crippen molar-refractivity contribution in [3.63, 3.8) is 0 Å². The van der Waals surface area contributed by atoms with Crippen LogP contribution in [-0.4, -0.2) is 51.6 Å². The summed E-state index contributed by atoms with van der Waals surface area (Å²) in [5.74, 6) is 1.35. The lowest BCUT2D eigenvalue weighted by atomic mass is 9.93. The zero-order valence-electron chi connectivity index (χ0n) is 23.7. The summed E-state index contributed by atoms with van der Waals surface area (Å²) in [4.78, 5) is 24.7. The summed E-state index contributed by atoms with van der Waals surface area (Å²) < 4.78 is 27.5. The zero-order valence-corrected chi connectivity index (χ0v) is 24.4. The molecule has 0 radical (unpaired) electrons. The quantitative estimate of drug-likeness (QED) is 0.267. The number of hydrogen-bond donors (Lipinski definition) is 1. The van der Waals surface area contributed by atoms with E-state index >= 15 is 0 Å². The Hall–Kier alpha value is -3.53. The van der Waals surface area contributed by atoms with E-state index in [1.54, 1.807) is 18.2 Å². The summed E-state index contributed by atoms with van der Waals surface area (Å²) in [6.45, 7) is 3.93. The lowest BCUT2D eigenvalue weighted by Crippen LogP contribution is -2.33. The summed E-state index contributed by atoms with van der Waals surface area (Å²) in [5.41, 5.74) is 4.12. The SMILES string of the molecule is Cn1c(CN2CCC(c3cccc(OCc4ccc(Cl)cc4F)n3)CC2)nc2cc(NC(=O)C3CCCOC3)ccc21. The number of piperidine rings is 1. The van der Waals surface area contributed by atoms with Crippen LogP contribution < -0.4 is 10.1 Å². The number of carbonyl (C=O) groups is 1. The monoisotopic (exact) mass is 591 g/mol. The summed E-state index contributed by atoms with van der Waals surface area (Å²) in [6, 6.07) is 16.3. The smallest absolute Gasteiger partial charge is 0.229 e. The van der Waals surface area contributed by atoms with E-state index in [0.29, 0.717) is 29.0 Å². The third-order valence-electron chi connectivity index (χ3n) is 8.28. The predicted molar refractivity (Wildman–Crippen MR) is 160 cm³/mol. The van der Waals surface area contributed by atoms with E-state index in [0.717, 1.165) is 80.2 Å². The first kappa shape index (κ1) is 28.6. The maximum absolute atomic E-state index is 14.1. The maximum atomic E-state index is 14.1. The van der Waals surface area contributed by atoms with Crippen molar-refractivity contribution in [2.24, 2.45) is 13.0 Å². The molecule has 42 heavy (non-hydrogen) atoms. The van der Waals surface area contributed by atoms with Crippen molar-refractivity contribution in [3.8, 4) is 5.88 Å². The fourth-order valence-electron chi connectivity index (χ4n) is 5.78. The van der Waals surface area contributed by atoms with Gasteiger partial charge in [-0.3, -0.25) is 9.69 Å². The number of carbonyl (C=O) groups excluding carboxylic acids is 1.